The lowest BCUT2D eigenvalue weighted by Gasteiger charge is -2.18. The Morgan fingerprint density at radius 1 is 1.24 bits per heavy atom. The minimum atomic E-state index is -0.132. The zero-order valence-electron chi connectivity index (χ0n) is 13.6. The molecule has 0 saturated carbocycles. The maximum Gasteiger partial charge on any atom is 0.161 e. The highest BCUT2D eigenvalue weighted by Gasteiger charge is 2.20. The number of hydrogen-bond donors (Lipinski definition) is 1. The molecule has 4 nitrogen and oxygen atoms in total. The lowest BCUT2D eigenvalue weighted by atomic mass is 9.99. The fourth-order valence-corrected chi connectivity index (χ4v) is 2.56. The van der Waals surface area contributed by atoms with Gasteiger partial charge in [0.25, 0.3) is 0 Å². The summed E-state index contributed by atoms with van der Waals surface area (Å²) >= 11 is 0. The third kappa shape index (κ3) is 3.27. The van der Waals surface area contributed by atoms with E-state index >= 15 is 0 Å². The number of methoxy groups -OCH3 is 1. The number of rotatable bonds is 5. The molecule has 2 aromatic rings. The summed E-state index contributed by atoms with van der Waals surface area (Å²) < 4.78 is 7.36. The van der Waals surface area contributed by atoms with E-state index in [0.29, 0.717) is 0 Å². The molecule has 21 heavy (non-hydrogen) atoms. The van der Waals surface area contributed by atoms with Crippen LogP contribution in [0.1, 0.15) is 48.3 Å². The molecule has 1 atom stereocenters. The van der Waals surface area contributed by atoms with Gasteiger partial charge in [0.2, 0.25) is 0 Å². The minimum Gasteiger partial charge on any atom is -0.493 e. The highest BCUT2D eigenvalue weighted by atomic mass is 16.5. The van der Waals surface area contributed by atoms with Crippen LogP contribution in [-0.4, -0.2) is 16.9 Å². The number of ether oxygens (including phenoxy) is 1. The van der Waals surface area contributed by atoms with Gasteiger partial charge in [-0.25, -0.2) is 0 Å². The molecule has 0 fully saturated rings. The Kier molecular flexibility index (Phi) is 4.68. The van der Waals surface area contributed by atoms with Crippen LogP contribution in [-0.2, 0) is 6.42 Å². The summed E-state index contributed by atoms with van der Waals surface area (Å²) in [5.74, 6) is 0.764. The van der Waals surface area contributed by atoms with Crippen LogP contribution in [0.5, 0.6) is 5.75 Å². The fraction of sp³-hybridized carbons (Fsp3) is 0.471. The molecule has 0 amide bonds. The van der Waals surface area contributed by atoms with E-state index in [0.717, 1.165) is 17.9 Å². The van der Waals surface area contributed by atoms with Crippen molar-refractivity contribution in [2.75, 3.05) is 7.11 Å². The first-order valence-corrected chi connectivity index (χ1v) is 7.37. The largest absolute Gasteiger partial charge is 0.493 e. The van der Waals surface area contributed by atoms with Crippen molar-refractivity contribution in [3.63, 3.8) is 0 Å². The Hall–Kier alpha value is -1.81. The monoisotopic (exact) mass is 287 g/mol. The van der Waals surface area contributed by atoms with E-state index in [1.165, 1.54) is 16.7 Å². The van der Waals surface area contributed by atoms with Gasteiger partial charge in [0.15, 0.2) is 5.75 Å². The summed E-state index contributed by atoms with van der Waals surface area (Å²) in [4.78, 5) is 0. The third-order valence-electron chi connectivity index (χ3n) is 3.89. The summed E-state index contributed by atoms with van der Waals surface area (Å²) in [5.41, 5.74) is 11.2. The molecule has 0 radical (unpaired) electrons. The standard InChI is InChI=1S/C17H25N3O/c1-11(2)20-17(16(21-5)10-19-20)15(18)9-14-7-6-12(3)13(4)8-14/h6-8,10-11,15H,9,18H2,1-5H3. The molecule has 0 aliphatic rings. The van der Waals surface area contributed by atoms with Crippen LogP contribution in [0, 0.1) is 13.8 Å². The molecule has 0 aliphatic carbocycles. The van der Waals surface area contributed by atoms with Gasteiger partial charge in [0.05, 0.1) is 25.0 Å². The van der Waals surface area contributed by atoms with Crippen LogP contribution in [0.4, 0.5) is 0 Å². The average molecular weight is 287 g/mol. The third-order valence-corrected chi connectivity index (χ3v) is 3.89. The number of nitrogens with two attached hydrogens (primary N) is 1. The fourth-order valence-electron chi connectivity index (χ4n) is 2.56. The Bertz CT molecular complexity index is 616. The second-order valence-corrected chi connectivity index (χ2v) is 5.87. The quantitative estimate of drug-likeness (QED) is 0.917. The van der Waals surface area contributed by atoms with Crippen molar-refractivity contribution in [3.8, 4) is 5.75 Å². The van der Waals surface area contributed by atoms with Gasteiger partial charge < -0.3 is 10.5 Å². The Balaban J connectivity index is 2.29. The van der Waals surface area contributed by atoms with Gasteiger partial charge >= 0.3 is 0 Å². The van der Waals surface area contributed by atoms with Crippen molar-refractivity contribution in [3.05, 3.63) is 46.8 Å². The van der Waals surface area contributed by atoms with E-state index in [9.17, 15) is 0 Å². The Morgan fingerprint density at radius 2 is 1.95 bits per heavy atom. The number of benzene rings is 1. The highest BCUT2D eigenvalue weighted by molar-refractivity contribution is 5.33. The SMILES string of the molecule is COc1cnn(C(C)C)c1C(N)Cc1ccc(C)c(C)c1. The van der Waals surface area contributed by atoms with Crippen LogP contribution < -0.4 is 10.5 Å². The van der Waals surface area contributed by atoms with Crippen LogP contribution in [0.2, 0.25) is 0 Å². The number of aryl methyl sites for hydroxylation is 2. The molecule has 2 N–H and O–H groups in total. The molecule has 0 aliphatic heterocycles. The number of aromatic nitrogens is 2. The molecule has 1 aromatic carbocycles. The molecule has 1 aromatic heterocycles. The van der Waals surface area contributed by atoms with Crippen LogP contribution >= 0.6 is 0 Å². The van der Waals surface area contributed by atoms with Crippen molar-refractivity contribution in [1.29, 1.82) is 0 Å². The van der Waals surface area contributed by atoms with E-state index in [1.54, 1.807) is 13.3 Å². The van der Waals surface area contributed by atoms with Crippen molar-refractivity contribution in [2.24, 2.45) is 5.73 Å². The molecule has 0 spiro atoms. The molecule has 4 heteroatoms. The van der Waals surface area contributed by atoms with Crippen LogP contribution in [0.25, 0.3) is 0 Å². The maximum absolute atomic E-state index is 6.43. The molecular weight excluding hydrogens is 262 g/mol. The van der Waals surface area contributed by atoms with E-state index in [2.05, 4.69) is 51.0 Å². The van der Waals surface area contributed by atoms with E-state index in [-0.39, 0.29) is 12.1 Å². The second-order valence-electron chi connectivity index (χ2n) is 5.87. The molecular formula is C17H25N3O. The number of hydrogen-bond acceptors (Lipinski definition) is 3. The maximum atomic E-state index is 6.43. The van der Waals surface area contributed by atoms with Gasteiger partial charge in [-0.3, -0.25) is 4.68 Å². The van der Waals surface area contributed by atoms with Crippen LogP contribution in [0.3, 0.4) is 0 Å². The number of nitrogens with zero attached hydrogens (tertiary/aromatic N) is 2. The molecule has 1 heterocycles. The lowest BCUT2D eigenvalue weighted by Crippen LogP contribution is -2.20. The van der Waals surface area contributed by atoms with Gasteiger partial charge in [-0.2, -0.15) is 5.10 Å². The van der Waals surface area contributed by atoms with Crippen LogP contribution in [0.15, 0.2) is 24.4 Å². The van der Waals surface area contributed by atoms with E-state index in [1.807, 2.05) is 4.68 Å². The van der Waals surface area contributed by atoms with Crippen molar-refractivity contribution >= 4 is 0 Å². The summed E-state index contributed by atoms with van der Waals surface area (Å²) in [5, 5.41) is 4.39. The first-order valence-electron chi connectivity index (χ1n) is 7.37. The van der Waals surface area contributed by atoms with Crippen molar-refractivity contribution < 1.29 is 4.74 Å². The van der Waals surface area contributed by atoms with Gasteiger partial charge in [0, 0.05) is 6.04 Å². The predicted molar refractivity (Wildman–Crippen MR) is 85.7 cm³/mol. The minimum absolute atomic E-state index is 0.132. The van der Waals surface area contributed by atoms with Crippen molar-refractivity contribution in [2.45, 2.75) is 46.2 Å². The smallest absolute Gasteiger partial charge is 0.161 e. The highest BCUT2D eigenvalue weighted by Crippen LogP contribution is 2.28. The van der Waals surface area contributed by atoms with Crippen molar-refractivity contribution in [1.82, 2.24) is 9.78 Å². The second kappa shape index (κ2) is 6.31. The first kappa shape index (κ1) is 15.6. The summed E-state index contributed by atoms with van der Waals surface area (Å²) in [6, 6.07) is 6.62. The van der Waals surface area contributed by atoms with Gasteiger partial charge in [-0.1, -0.05) is 18.2 Å². The Morgan fingerprint density at radius 3 is 2.52 bits per heavy atom. The van der Waals surface area contributed by atoms with E-state index in [4.69, 9.17) is 10.5 Å². The van der Waals surface area contributed by atoms with Gasteiger partial charge in [-0.05, 0) is 50.8 Å². The lowest BCUT2D eigenvalue weighted by molar-refractivity contribution is 0.396. The topological polar surface area (TPSA) is 53.1 Å². The predicted octanol–water partition coefficient (Wildman–Crippen LogP) is 3.33. The molecule has 2 rings (SSSR count). The molecule has 114 valence electrons. The van der Waals surface area contributed by atoms with E-state index < -0.39 is 0 Å². The summed E-state index contributed by atoms with van der Waals surface area (Å²) in [6.07, 6.45) is 2.52. The molecule has 0 bridgehead atoms. The average Bonchev–Trinajstić information content (AvgIpc) is 2.87. The summed E-state index contributed by atoms with van der Waals surface area (Å²) in [6.45, 7) is 8.44. The molecule has 1 unspecified atom stereocenters. The van der Waals surface area contributed by atoms with Gasteiger partial charge in [-0.15, -0.1) is 0 Å². The zero-order valence-corrected chi connectivity index (χ0v) is 13.6. The Labute approximate surface area is 126 Å². The summed E-state index contributed by atoms with van der Waals surface area (Å²) in [7, 11) is 1.66. The first-order chi connectivity index (χ1) is 9.93. The normalized spacial score (nSPS) is 12.7. The zero-order chi connectivity index (χ0) is 15.6. The molecule has 0 saturated heterocycles. The van der Waals surface area contributed by atoms with Gasteiger partial charge in [0.1, 0.15) is 0 Å².